The monoisotopic (exact) mass is 426 g/mol. The van der Waals surface area contributed by atoms with Crippen LogP contribution in [0.5, 0.6) is 0 Å². The zero-order chi connectivity index (χ0) is 20.0. The summed E-state index contributed by atoms with van der Waals surface area (Å²) in [7, 11) is -2.31. The number of thiocarbonyl (C=S) groups is 1. The molecule has 1 heterocycles. The molecule has 1 aromatic heterocycles. The fourth-order valence-electron chi connectivity index (χ4n) is 2.44. The van der Waals surface area contributed by atoms with E-state index >= 15 is 0 Å². The molecule has 0 fully saturated rings. The molecule has 1 amide bonds. The summed E-state index contributed by atoms with van der Waals surface area (Å²) in [4.78, 5) is 16.0. The smallest absolute Gasteiger partial charge is 0.264 e. The average Bonchev–Trinajstić information content (AvgIpc) is 3.16. The lowest BCUT2D eigenvalue weighted by molar-refractivity contribution is -0.121. The van der Waals surface area contributed by atoms with E-state index in [4.69, 9.17) is 12.2 Å². The highest BCUT2D eigenvalue weighted by molar-refractivity contribution is 7.99. The molecule has 146 valence electrons. The first-order valence-corrected chi connectivity index (χ1v) is 11.2. The van der Waals surface area contributed by atoms with Gasteiger partial charge in [-0.05, 0) is 55.2 Å². The van der Waals surface area contributed by atoms with Crippen LogP contribution in [0.25, 0.3) is 0 Å². The second kappa shape index (κ2) is 9.25. The van der Waals surface area contributed by atoms with E-state index < -0.39 is 10.0 Å². The fourth-order valence-corrected chi connectivity index (χ4v) is 4.91. The maximum Gasteiger partial charge on any atom is 0.264 e. The summed E-state index contributed by atoms with van der Waals surface area (Å²) in [5, 5.41) is 5.47. The number of thioether (sulfide) groups is 1. The molecular formula is C17H22N4O3S3. The Morgan fingerprint density at radius 3 is 2.67 bits per heavy atom. The number of hydrogen-bond donors (Lipinski definition) is 4. The number of nitrogens with one attached hydrogen (secondary N) is 4. The second-order valence-electron chi connectivity index (χ2n) is 5.76. The lowest BCUT2D eigenvalue weighted by Gasteiger charge is -2.15. The molecule has 0 saturated carbocycles. The summed E-state index contributed by atoms with van der Waals surface area (Å²) in [5.41, 5.74) is 1.49. The first-order valence-electron chi connectivity index (χ1n) is 8.11. The number of H-pyrrole nitrogens is 1. The molecule has 7 nitrogen and oxygen atoms in total. The van der Waals surface area contributed by atoms with Gasteiger partial charge in [-0.15, -0.1) is 11.8 Å². The van der Waals surface area contributed by atoms with E-state index in [9.17, 15) is 13.2 Å². The topological polar surface area (TPSA) is 103 Å². The molecule has 4 N–H and O–H groups in total. The Morgan fingerprint density at radius 2 is 2.07 bits per heavy atom. The maximum absolute atomic E-state index is 12.6. The van der Waals surface area contributed by atoms with Crippen molar-refractivity contribution < 1.29 is 13.2 Å². The molecule has 0 aliphatic rings. The lowest BCUT2D eigenvalue weighted by atomic mass is 10.1. The number of carbonyl (C=O) groups is 1. The van der Waals surface area contributed by atoms with Gasteiger partial charge < -0.3 is 15.6 Å². The Balaban J connectivity index is 2.18. The number of amides is 1. The van der Waals surface area contributed by atoms with E-state index in [0.29, 0.717) is 10.5 Å². The molecule has 10 heteroatoms. The van der Waals surface area contributed by atoms with Crippen molar-refractivity contribution in [3.05, 3.63) is 47.8 Å². The molecule has 0 radical (unpaired) electrons. The third-order valence-electron chi connectivity index (χ3n) is 3.80. The Labute approximate surface area is 168 Å². The van der Waals surface area contributed by atoms with Crippen LogP contribution in [0.4, 0.5) is 0 Å². The molecule has 0 bridgehead atoms. The van der Waals surface area contributed by atoms with Crippen molar-refractivity contribution in [3.63, 3.8) is 0 Å². The molecule has 2 aromatic rings. The molecule has 1 unspecified atom stereocenters. The van der Waals surface area contributed by atoms with Crippen molar-refractivity contribution in [1.82, 2.24) is 20.3 Å². The van der Waals surface area contributed by atoms with Gasteiger partial charge in [-0.3, -0.25) is 9.52 Å². The minimum absolute atomic E-state index is 0.00460. The highest BCUT2D eigenvalue weighted by Crippen LogP contribution is 2.26. The van der Waals surface area contributed by atoms with E-state index in [1.54, 1.807) is 24.6 Å². The average molecular weight is 427 g/mol. The van der Waals surface area contributed by atoms with Gasteiger partial charge in [-0.25, -0.2) is 8.42 Å². The fraction of sp³-hybridized carbons (Fsp3) is 0.294. The van der Waals surface area contributed by atoms with Crippen LogP contribution in [0.3, 0.4) is 0 Å². The number of aromatic amines is 1. The van der Waals surface area contributed by atoms with Crippen LogP contribution in [0.15, 0.2) is 46.3 Å². The van der Waals surface area contributed by atoms with E-state index in [0.717, 1.165) is 5.69 Å². The first-order chi connectivity index (χ1) is 12.8. The van der Waals surface area contributed by atoms with Gasteiger partial charge in [0.1, 0.15) is 4.90 Å². The number of carbonyl (C=O) groups excluding carboxylic acids is 1. The SMILES string of the molecule is CNC(=S)NS(=O)(=O)c1cc(CC(=O)NC(C)c2ccc[nH]2)ccc1SC. The summed E-state index contributed by atoms with van der Waals surface area (Å²) in [6, 6.07) is 8.53. The van der Waals surface area contributed by atoms with Crippen molar-refractivity contribution in [2.24, 2.45) is 0 Å². The van der Waals surface area contributed by atoms with Crippen LogP contribution in [0, 0.1) is 0 Å². The largest absolute Gasteiger partial charge is 0.365 e. The van der Waals surface area contributed by atoms with E-state index in [2.05, 4.69) is 20.3 Å². The number of hydrogen-bond acceptors (Lipinski definition) is 5. The van der Waals surface area contributed by atoms with Crippen molar-refractivity contribution >= 4 is 45.0 Å². The lowest BCUT2D eigenvalue weighted by Crippen LogP contribution is -2.37. The van der Waals surface area contributed by atoms with Crippen LogP contribution >= 0.6 is 24.0 Å². The summed E-state index contributed by atoms with van der Waals surface area (Å²) >= 11 is 6.20. The van der Waals surface area contributed by atoms with Gasteiger partial charge >= 0.3 is 0 Å². The Bertz CT molecular complexity index is 912. The number of sulfonamides is 1. The van der Waals surface area contributed by atoms with Gasteiger partial charge in [0.15, 0.2) is 5.11 Å². The Kier molecular flexibility index (Phi) is 7.28. The standard InChI is InChI=1S/C17H22N4O3S3/c1-11(13-5-4-8-19-13)20-16(22)10-12-6-7-14(26-3)15(9-12)27(23,24)21-17(25)18-2/h4-9,11,19H,10H2,1-3H3,(H,20,22)(H2,18,21,25). The summed E-state index contributed by atoms with van der Waals surface area (Å²) in [6.45, 7) is 1.87. The van der Waals surface area contributed by atoms with Crippen LogP contribution in [0.2, 0.25) is 0 Å². The Morgan fingerprint density at radius 1 is 1.33 bits per heavy atom. The van der Waals surface area contributed by atoms with Gasteiger partial charge in [0.05, 0.1) is 12.5 Å². The molecule has 0 spiro atoms. The van der Waals surface area contributed by atoms with Crippen LogP contribution in [-0.4, -0.2) is 37.7 Å². The minimum atomic E-state index is -3.84. The summed E-state index contributed by atoms with van der Waals surface area (Å²) in [5.74, 6) is -0.198. The predicted octanol–water partition coefficient (Wildman–Crippen LogP) is 1.94. The minimum Gasteiger partial charge on any atom is -0.365 e. The molecule has 2 rings (SSSR count). The predicted molar refractivity (Wildman–Crippen MR) is 111 cm³/mol. The van der Waals surface area contributed by atoms with Gasteiger partial charge in [0, 0.05) is 23.8 Å². The van der Waals surface area contributed by atoms with Gasteiger partial charge in [0.2, 0.25) is 5.91 Å². The van der Waals surface area contributed by atoms with Gasteiger partial charge in [-0.1, -0.05) is 6.07 Å². The third-order valence-corrected chi connectivity index (χ3v) is 6.55. The van der Waals surface area contributed by atoms with Gasteiger partial charge in [-0.2, -0.15) is 0 Å². The molecule has 1 aromatic carbocycles. The van der Waals surface area contributed by atoms with Crippen LogP contribution < -0.4 is 15.4 Å². The summed E-state index contributed by atoms with van der Waals surface area (Å²) < 4.78 is 27.5. The summed E-state index contributed by atoms with van der Waals surface area (Å²) in [6.07, 6.45) is 3.65. The quantitative estimate of drug-likeness (QED) is 0.399. The van der Waals surface area contributed by atoms with Crippen molar-refractivity contribution in [3.8, 4) is 0 Å². The zero-order valence-electron chi connectivity index (χ0n) is 15.2. The van der Waals surface area contributed by atoms with Crippen molar-refractivity contribution in [1.29, 1.82) is 0 Å². The highest BCUT2D eigenvalue weighted by Gasteiger charge is 2.21. The van der Waals surface area contributed by atoms with Crippen LogP contribution in [-0.2, 0) is 21.2 Å². The molecule has 0 saturated heterocycles. The third kappa shape index (κ3) is 5.72. The van der Waals surface area contributed by atoms with Gasteiger partial charge in [0.25, 0.3) is 10.0 Å². The van der Waals surface area contributed by atoms with Crippen molar-refractivity contribution in [2.45, 2.75) is 29.2 Å². The highest BCUT2D eigenvalue weighted by atomic mass is 32.2. The molecule has 0 aliphatic heterocycles. The van der Waals surface area contributed by atoms with Crippen molar-refractivity contribution in [2.75, 3.05) is 13.3 Å². The molecule has 27 heavy (non-hydrogen) atoms. The first kappa shape index (κ1) is 21.3. The van der Waals surface area contributed by atoms with Crippen LogP contribution in [0.1, 0.15) is 24.2 Å². The van der Waals surface area contributed by atoms with E-state index in [1.807, 2.05) is 19.1 Å². The van der Waals surface area contributed by atoms with E-state index in [1.165, 1.54) is 24.9 Å². The number of benzene rings is 1. The molecule has 0 aliphatic carbocycles. The maximum atomic E-state index is 12.6. The second-order valence-corrected chi connectivity index (χ2v) is 8.67. The normalized spacial score (nSPS) is 12.3. The Hall–Kier alpha value is -2.04. The number of aromatic nitrogens is 1. The van der Waals surface area contributed by atoms with E-state index in [-0.39, 0.29) is 28.4 Å². The zero-order valence-corrected chi connectivity index (χ0v) is 17.6. The number of rotatable bonds is 7. The molecular weight excluding hydrogens is 404 g/mol. The molecule has 1 atom stereocenters.